The van der Waals surface area contributed by atoms with E-state index in [0.29, 0.717) is 12.8 Å². The summed E-state index contributed by atoms with van der Waals surface area (Å²) in [6.45, 7) is 4.42. The highest BCUT2D eigenvalue weighted by atomic mass is 16.3. The summed E-state index contributed by atoms with van der Waals surface area (Å²) in [5, 5.41) is 23.5. The first-order valence-corrected chi connectivity index (χ1v) is 35.7. The van der Waals surface area contributed by atoms with Gasteiger partial charge in [-0.1, -0.05) is 412 Å². The van der Waals surface area contributed by atoms with Crippen LogP contribution in [0.5, 0.6) is 0 Å². The van der Waals surface area contributed by atoms with Gasteiger partial charge in [-0.3, -0.25) is 4.79 Å². The molecule has 450 valence electrons. The molecule has 0 radical (unpaired) electrons. The highest BCUT2D eigenvalue weighted by Crippen LogP contribution is 2.20. The van der Waals surface area contributed by atoms with E-state index < -0.39 is 12.1 Å². The fourth-order valence-corrected chi connectivity index (χ4v) is 12.0. The van der Waals surface area contributed by atoms with Crippen molar-refractivity contribution in [1.29, 1.82) is 0 Å². The summed E-state index contributed by atoms with van der Waals surface area (Å²) < 4.78 is 0. The molecule has 0 aliphatic carbocycles. The van der Waals surface area contributed by atoms with Gasteiger partial charge in [0.05, 0.1) is 18.8 Å². The van der Waals surface area contributed by atoms with Crippen molar-refractivity contribution in [2.75, 3.05) is 6.61 Å². The maximum absolute atomic E-state index is 12.6. The third-order valence-electron chi connectivity index (χ3n) is 17.4. The molecule has 2 unspecified atom stereocenters. The highest BCUT2D eigenvalue weighted by molar-refractivity contribution is 5.76. The minimum atomic E-state index is -0.656. The lowest BCUT2D eigenvalue weighted by Gasteiger charge is -2.22. The summed E-state index contributed by atoms with van der Waals surface area (Å²) in [4.78, 5) is 12.6. The first kappa shape index (κ1) is 74.4. The molecule has 0 bridgehead atoms. The number of aliphatic hydroxyl groups excluding tert-OH is 2. The molecule has 4 heteroatoms. The third kappa shape index (κ3) is 64.1. The highest BCUT2D eigenvalue weighted by Gasteiger charge is 2.20. The van der Waals surface area contributed by atoms with Gasteiger partial charge in [-0.15, -0.1) is 0 Å². The van der Waals surface area contributed by atoms with Crippen LogP contribution in [-0.4, -0.2) is 34.9 Å². The topological polar surface area (TPSA) is 69.6 Å². The van der Waals surface area contributed by atoms with E-state index in [-0.39, 0.29) is 12.5 Å². The molecule has 2 atom stereocenters. The van der Waals surface area contributed by atoms with Crippen molar-refractivity contribution in [2.45, 2.75) is 443 Å². The average molecular weight is 1060 g/mol. The SMILES string of the molecule is CCCCCCCCCCCCCCCCCCCCCCCCCCCCCCCCCCCCCCCCCC(=O)NC(CO)C(O)CCCCCCCCCCCCCCCCCCCCCCCCCC. The number of unbranched alkanes of at least 4 members (excludes halogenated alkanes) is 61. The van der Waals surface area contributed by atoms with Gasteiger partial charge in [0.2, 0.25) is 5.91 Å². The Morgan fingerprint density at radius 2 is 0.427 bits per heavy atom. The Morgan fingerprint density at radius 3 is 0.600 bits per heavy atom. The predicted molar refractivity (Wildman–Crippen MR) is 336 cm³/mol. The van der Waals surface area contributed by atoms with E-state index in [0.717, 1.165) is 25.7 Å². The van der Waals surface area contributed by atoms with Gasteiger partial charge in [0.1, 0.15) is 0 Å². The van der Waals surface area contributed by atoms with Crippen molar-refractivity contribution in [3.8, 4) is 0 Å². The minimum absolute atomic E-state index is 0.0192. The maximum Gasteiger partial charge on any atom is 0.220 e. The summed E-state index contributed by atoms with van der Waals surface area (Å²) in [6, 6.07) is -0.533. The van der Waals surface area contributed by atoms with Crippen LogP contribution >= 0.6 is 0 Å². The number of carbonyl (C=O) groups excluding carboxylic acids is 1. The summed E-state index contributed by atoms with van der Waals surface area (Å²) in [7, 11) is 0. The molecular weight excluding hydrogens is 915 g/mol. The first-order valence-electron chi connectivity index (χ1n) is 35.7. The van der Waals surface area contributed by atoms with E-state index in [4.69, 9.17) is 0 Å². The maximum atomic E-state index is 12.6. The van der Waals surface area contributed by atoms with Crippen LogP contribution in [0.2, 0.25) is 0 Å². The summed E-state index contributed by atoms with van der Waals surface area (Å²) in [5.74, 6) is -0.0192. The van der Waals surface area contributed by atoms with Crippen LogP contribution in [0.1, 0.15) is 431 Å². The van der Waals surface area contributed by atoms with Gasteiger partial charge in [-0.05, 0) is 12.8 Å². The molecule has 0 aliphatic rings. The van der Waals surface area contributed by atoms with E-state index in [2.05, 4.69) is 19.2 Å². The molecular formula is C71H143NO3. The lowest BCUT2D eigenvalue weighted by molar-refractivity contribution is -0.123. The zero-order valence-electron chi connectivity index (χ0n) is 52.1. The van der Waals surface area contributed by atoms with Crippen LogP contribution in [0.25, 0.3) is 0 Å². The molecule has 0 rings (SSSR count). The Bertz CT molecular complexity index is 1020. The number of amides is 1. The minimum Gasteiger partial charge on any atom is -0.394 e. The molecule has 0 saturated heterocycles. The van der Waals surface area contributed by atoms with Gasteiger partial charge in [0.15, 0.2) is 0 Å². The normalized spacial score (nSPS) is 12.5. The first-order chi connectivity index (χ1) is 37.2. The smallest absolute Gasteiger partial charge is 0.220 e. The Morgan fingerprint density at radius 1 is 0.267 bits per heavy atom. The zero-order valence-corrected chi connectivity index (χ0v) is 52.1. The monoisotopic (exact) mass is 1060 g/mol. The standard InChI is InChI=1S/C71H143NO3/c1-3-5-7-9-11-13-15-17-19-21-23-25-27-29-30-31-32-33-34-35-36-37-38-39-40-41-42-43-45-47-49-51-53-55-57-59-61-63-65-67-71(75)72-69(68-73)70(74)66-64-62-60-58-56-54-52-50-48-46-44-28-26-24-22-20-18-16-14-12-10-8-6-4-2/h69-70,73-74H,3-68H2,1-2H3,(H,72,75). The lowest BCUT2D eigenvalue weighted by atomic mass is 10.0. The number of aliphatic hydroxyl groups is 2. The zero-order chi connectivity index (χ0) is 54.1. The van der Waals surface area contributed by atoms with Crippen LogP contribution in [-0.2, 0) is 4.79 Å². The Balaban J connectivity index is 3.33. The molecule has 4 nitrogen and oxygen atoms in total. The van der Waals surface area contributed by atoms with Crippen LogP contribution in [0.15, 0.2) is 0 Å². The Hall–Kier alpha value is -0.610. The molecule has 0 aromatic rings. The lowest BCUT2D eigenvalue weighted by Crippen LogP contribution is -2.45. The second-order valence-electron chi connectivity index (χ2n) is 25.0. The van der Waals surface area contributed by atoms with E-state index >= 15 is 0 Å². The van der Waals surface area contributed by atoms with Gasteiger partial charge in [0.25, 0.3) is 0 Å². The third-order valence-corrected chi connectivity index (χ3v) is 17.4. The summed E-state index contributed by atoms with van der Waals surface area (Å²) >= 11 is 0. The van der Waals surface area contributed by atoms with Gasteiger partial charge in [-0.25, -0.2) is 0 Å². The van der Waals surface area contributed by atoms with Crippen molar-refractivity contribution in [3.05, 3.63) is 0 Å². The van der Waals surface area contributed by atoms with Crippen molar-refractivity contribution < 1.29 is 15.0 Å². The predicted octanol–water partition coefficient (Wildman–Crippen LogP) is 24.2. The average Bonchev–Trinajstić information content (AvgIpc) is 3.41. The van der Waals surface area contributed by atoms with Crippen molar-refractivity contribution in [3.63, 3.8) is 0 Å². The van der Waals surface area contributed by atoms with Crippen molar-refractivity contribution in [2.24, 2.45) is 0 Å². The Labute approximate surface area is 474 Å². The Kier molecular flexibility index (Phi) is 67.1. The molecule has 0 aromatic heterocycles. The molecule has 3 N–H and O–H groups in total. The largest absolute Gasteiger partial charge is 0.394 e. The molecule has 1 amide bonds. The number of hydrogen-bond donors (Lipinski definition) is 3. The number of hydrogen-bond acceptors (Lipinski definition) is 3. The molecule has 75 heavy (non-hydrogen) atoms. The van der Waals surface area contributed by atoms with E-state index in [1.165, 1.54) is 379 Å². The van der Waals surface area contributed by atoms with Crippen molar-refractivity contribution in [1.82, 2.24) is 5.32 Å². The quantitative estimate of drug-likeness (QED) is 0.0532. The van der Waals surface area contributed by atoms with Crippen LogP contribution in [0.4, 0.5) is 0 Å². The van der Waals surface area contributed by atoms with Gasteiger partial charge in [-0.2, -0.15) is 0 Å². The van der Waals surface area contributed by atoms with Crippen LogP contribution in [0.3, 0.4) is 0 Å². The van der Waals surface area contributed by atoms with E-state index in [1.54, 1.807) is 0 Å². The number of nitrogens with one attached hydrogen (secondary N) is 1. The van der Waals surface area contributed by atoms with Crippen LogP contribution < -0.4 is 5.32 Å². The summed E-state index contributed by atoms with van der Waals surface area (Å²) in [6.07, 6.45) is 88.9. The molecule has 0 heterocycles. The molecule has 0 aliphatic heterocycles. The molecule has 0 fully saturated rings. The van der Waals surface area contributed by atoms with E-state index in [9.17, 15) is 15.0 Å². The molecule has 0 saturated carbocycles. The summed E-state index contributed by atoms with van der Waals surface area (Å²) in [5.41, 5.74) is 0. The number of rotatable bonds is 68. The van der Waals surface area contributed by atoms with Crippen LogP contribution in [0, 0.1) is 0 Å². The number of carbonyl (C=O) groups is 1. The van der Waals surface area contributed by atoms with E-state index in [1.807, 2.05) is 0 Å². The second-order valence-corrected chi connectivity index (χ2v) is 25.0. The fraction of sp³-hybridized carbons (Fsp3) is 0.986. The van der Waals surface area contributed by atoms with Gasteiger partial charge in [0, 0.05) is 6.42 Å². The van der Waals surface area contributed by atoms with Gasteiger partial charge >= 0.3 is 0 Å². The molecule has 0 aromatic carbocycles. The fourth-order valence-electron chi connectivity index (χ4n) is 12.0. The van der Waals surface area contributed by atoms with Crippen molar-refractivity contribution >= 4 is 5.91 Å². The molecule has 0 spiro atoms. The second kappa shape index (κ2) is 67.7. The van der Waals surface area contributed by atoms with Gasteiger partial charge < -0.3 is 15.5 Å².